The Morgan fingerprint density at radius 3 is 2.92 bits per heavy atom. The third kappa shape index (κ3) is 1.72. The van der Waals surface area contributed by atoms with Crippen LogP contribution < -0.4 is 5.73 Å². The summed E-state index contributed by atoms with van der Waals surface area (Å²) >= 11 is 0. The van der Waals surface area contributed by atoms with Crippen LogP contribution in [-0.2, 0) is 11.2 Å². The van der Waals surface area contributed by atoms with Crippen LogP contribution in [0.3, 0.4) is 0 Å². The fourth-order valence-electron chi connectivity index (χ4n) is 0.935. The molecule has 0 saturated heterocycles. The van der Waals surface area contributed by atoms with Gasteiger partial charge in [0.15, 0.2) is 0 Å². The normalized spacial score (nSPS) is 9.75. The Labute approximate surface area is 70.0 Å². The number of aryl methyl sites for hydroxylation is 1. The van der Waals surface area contributed by atoms with Gasteiger partial charge in [-0.15, -0.1) is 0 Å². The summed E-state index contributed by atoms with van der Waals surface area (Å²) in [5, 5.41) is 8.50. The molecule has 0 saturated carbocycles. The van der Waals surface area contributed by atoms with Crippen molar-refractivity contribution in [2.45, 2.75) is 13.3 Å². The van der Waals surface area contributed by atoms with Crippen molar-refractivity contribution in [3.63, 3.8) is 0 Å². The zero-order valence-electron chi connectivity index (χ0n) is 6.74. The molecule has 1 aromatic heterocycles. The lowest BCUT2D eigenvalue weighted by Gasteiger charge is -2.03. The van der Waals surface area contributed by atoms with E-state index in [4.69, 9.17) is 10.8 Å². The summed E-state index contributed by atoms with van der Waals surface area (Å²) in [7, 11) is 0. The van der Waals surface area contributed by atoms with Gasteiger partial charge >= 0.3 is 5.97 Å². The summed E-state index contributed by atoms with van der Waals surface area (Å²) < 4.78 is 0. The van der Waals surface area contributed by atoms with E-state index in [1.807, 2.05) is 0 Å². The SMILES string of the molecule is Cc1cncc(CC(=O)O)c1N. The molecule has 0 spiro atoms. The van der Waals surface area contributed by atoms with Gasteiger partial charge < -0.3 is 10.8 Å². The molecular formula is C8H10N2O2. The Bertz CT molecular complexity index is 310. The Morgan fingerprint density at radius 2 is 2.33 bits per heavy atom. The fraction of sp³-hybridized carbons (Fsp3) is 0.250. The van der Waals surface area contributed by atoms with Crippen LogP contribution in [0.15, 0.2) is 12.4 Å². The number of aliphatic carboxylic acids is 1. The van der Waals surface area contributed by atoms with Crippen LogP contribution >= 0.6 is 0 Å². The lowest BCUT2D eigenvalue weighted by Crippen LogP contribution is -2.05. The zero-order valence-corrected chi connectivity index (χ0v) is 6.74. The first-order chi connectivity index (χ1) is 5.61. The molecule has 0 fully saturated rings. The van der Waals surface area contributed by atoms with E-state index in [-0.39, 0.29) is 6.42 Å². The minimum atomic E-state index is -0.894. The highest BCUT2D eigenvalue weighted by molar-refractivity contribution is 5.73. The maximum atomic E-state index is 10.3. The van der Waals surface area contributed by atoms with Gasteiger partial charge in [0.25, 0.3) is 0 Å². The summed E-state index contributed by atoms with van der Waals surface area (Å²) in [6, 6.07) is 0. The average molecular weight is 166 g/mol. The summed E-state index contributed by atoms with van der Waals surface area (Å²) in [6.45, 7) is 1.80. The minimum absolute atomic E-state index is 0.0689. The molecule has 12 heavy (non-hydrogen) atoms. The quantitative estimate of drug-likeness (QED) is 0.674. The number of hydrogen-bond donors (Lipinski definition) is 2. The van der Waals surface area contributed by atoms with E-state index in [1.54, 1.807) is 13.1 Å². The predicted octanol–water partition coefficient (Wildman–Crippen LogP) is 0.599. The van der Waals surface area contributed by atoms with E-state index in [0.29, 0.717) is 11.3 Å². The highest BCUT2D eigenvalue weighted by Crippen LogP contribution is 2.14. The molecule has 1 rings (SSSR count). The average Bonchev–Trinajstić information content (AvgIpc) is 1.98. The second-order valence-electron chi connectivity index (χ2n) is 2.60. The maximum absolute atomic E-state index is 10.3. The third-order valence-electron chi connectivity index (χ3n) is 1.61. The standard InChI is InChI=1S/C8H10N2O2/c1-5-3-10-4-6(8(5)9)2-7(11)12/h3-4H,2H2,1H3,(H2,9,10)(H,11,12). The molecule has 1 aromatic rings. The van der Waals surface area contributed by atoms with E-state index in [0.717, 1.165) is 5.56 Å². The Balaban J connectivity index is 3.00. The van der Waals surface area contributed by atoms with Crippen LogP contribution in [0, 0.1) is 6.92 Å². The van der Waals surface area contributed by atoms with Gasteiger partial charge in [0, 0.05) is 23.6 Å². The van der Waals surface area contributed by atoms with Crippen LogP contribution in [0.5, 0.6) is 0 Å². The first-order valence-corrected chi connectivity index (χ1v) is 3.52. The number of nitrogens with two attached hydrogens (primary N) is 1. The van der Waals surface area contributed by atoms with Gasteiger partial charge in [0.1, 0.15) is 0 Å². The highest BCUT2D eigenvalue weighted by Gasteiger charge is 2.05. The van der Waals surface area contributed by atoms with E-state index >= 15 is 0 Å². The largest absolute Gasteiger partial charge is 0.481 e. The molecule has 0 aliphatic carbocycles. The van der Waals surface area contributed by atoms with Crippen LogP contribution in [0.4, 0.5) is 5.69 Å². The number of hydrogen-bond acceptors (Lipinski definition) is 3. The van der Waals surface area contributed by atoms with Crippen molar-refractivity contribution < 1.29 is 9.90 Å². The van der Waals surface area contributed by atoms with Gasteiger partial charge in [-0.3, -0.25) is 9.78 Å². The molecule has 0 aliphatic heterocycles. The van der Waals surface area contributed by atoms with E-state index in [9.17, 15) is 4.79 Å². The number of nitrogens with zero attached hydrogens (tertiary/aromatic N) is 1. The molecule has 4 nitrogen and oxygen atoms in total. The van der Waals surface area contributed by atoms with Crippen molar-refractivity contribution in [3.05, 3.63) is 23.5 Å². The highest BCUT2D eigenvalue weighted by atomic mass is 16.4. The number of carboxylic acids is 1. The monoisotopic (exact) mass is 166 g/mol. The van der Waals surface area contributed by atoms with Crippen molar-refractivity contribution in [2.75, 3.05) is 5.73 Å². The number of carboxylic acid groups (broad SMARTS) is 1. The molecule has 0 bridgehead atoms. The molecule has 0 amide bonds. The summed E-state index contributed by atoms with van der Waals surface area (Å²) in [5.74, 6) is -0.894. The lowest BCUT2D eigenvalue weighted by molar-refractivity contribution is -0.136. The van der Waals surface area contributed by atoms with Crippen LogP contribution in [0.1, 0.15) is 11.1 Å². The van der Waals surface area contributed by atoms with Crippen LogP contribution in [0.25, 0.3) is 0 Å². The topological polar surface area (TPSA) is 76.2 Å². The molecule has 0 aromatic carbocycles. The number of nitrogen functional groups attached to an aromatic ring is 1. The maximum Gasteiger partial charge on any atom is 0.307 e. The van der Waals surface area contributed by atoms with E-state index in [1.165, 1.54) is 6.20 Å². The van der Waals surface area contributed by atoms with E-state index < -0.39 is 5.97 Å². The summed E-state index contributed by atoms with van der Waals surface area (Å²) in [4.78, 5) is 14.2. The molecular weight excluding hydrogens is 156 g/mol. The van der Waals surface area contributed by atoms with Gasteiger partial charge in [-0.05, 0) is 12.5 Å². The second kappa shape index (κ2) is 3.21. The van der Waals surface area contributed by atoms with Gasteiger partial charge in [-0.25, -0.2) is 0 Å². The van der Waals surface area contributed by atoms with Crippen molar-refractivity contribution in [2.24, 2.45) is 0 Å². The third-order valence-corrected chi connectivity index (χ3v) is 1.61. The van der Waals surface area contributed by atoms with Gasteiger partial charge in [-0.1, -0.05) is 0 Å². The van der Waals surface area contributed by atoms with Crippen LogP contribution in [0.2, 0.25) is 0 Å². The molecule has 0 unspecified atom stereocenters. The minimum Gasteiger partial charge on any atom is -0.481 e. The van der Waals surface area contributed by atoms with Gasteiger partial charge in [0.05, 0.1) is 6.42 Å². The number of aromatic nitrogens is 1. The van der Waals surface area contributed by atoms with Gasteiger partial charge in [0.2, 0.25) is 0 Å². The first-order valence-electron chi connectivity index (χ1n) is 3.52. The van der Waals surface area contributed by atoms with Crippen molar-refractivity contribution in [3.8, 4) is 0 Å². The van der Waals surface area contributed by atoms with Gasteiger partial charge in [-0.2, -0.15) is 0 Å². The summed E-state index contributed by atoms with van der Waals surface area (Å²) in [6.07, 6.45) is 3.03. The second-order valence-corrected chi connectivity index (χ2v) is 2.60. The number of pyridine rings is 1. The molecule has 4 heteroatoms. The first kappa shape index (κ1) is 8.52. The van der Waals surface area contributed by atoms with Crippen LogP contribution in [-0.4, -0.2) is 16.1 Å². The molecule has 0 radical (unpaired) electrons. The Morgan fingerprint density at radius 1 is 1.67 bits per heavy atom. The Kier molecular flexibility index (Phi) is 2.28. The Hall–Kier alpha value is -1.58. The number of rotatable bonds is 2. The number of anilines is 1. The molecule has 1 heterocycles. The van der Waals surface area contributed by atoms with Crippen molar-refractivity contribution in [1.29, 1.82) is 0 Å². The van der Waals surface area contributed by atoms with Crippen molar-refractivity contribution >= 4 is 11.7 Å². The lowest BCUT2D eigenvalue weighted by atomic mass is 10.1. The summed E-state index contributed by atoms with van der Waals surface area (Å²) in [5.41, 5.74) is 7.53. The number of carbonyl (C=O) groups is 1. The molecule has 64 valence electrons. The fourth-order valence-corrected chi connectivity index (χ4v) is 0.935. The van der Waals surface area contributed by atoms with Crippen molar-refractivity contribution in [1.82, 2.24) is 4.98 Å². The smallest absolute Gasteiger partial charge is 0.307 e. The predicted molar refractivity (Wildman–Crippen MR) is 44.7 cm³/mol. The zero-order chi connectivity index (χ0) is 9.14. The van der Waals surface area contributed by atoms with E-state index in [2.05, 4.69) is 4.98 Å². The molecule has 3 N–H and O–H groups in total. The molecule has 0 atom stereocenters. The molecule has 0 aliphatic rings.